The first-order valence-electron chi connectivity index (χ1n) is 26.2. The van der Waals surface area contributed by atoms with E-state index in [4.69, 9.17) is 14.2 Å². The number of aliphatic hydroxyl groups excluding tert-OH is 3. The molecule has 1 saturated heterocycles. The lowest BCUT2D eigenvalue weighted by molar-refractivity contribution is -0.313. The first-order valence-corrected chi connectivity index (χ1v) is 26.2. The summed E-state index contributed by atoms with van der Waals surface area (Å²) >= 11 is 0. The van der Waals surface area contributed by atoms with Crippen LogP contribution in [0.1, 0.15) is 215 Å². The van der Waals surface area contributed by atoms with Gasteiger partial charge < -0.3 is 29.5 Å². The van der Waals surface area contributed by atoms with Crippen molar-refractivity contribution in [2.75, 3.05) is 6.61 Å². The third kappa shape index (κ3) is 13.6. The standard InChI is InChI=1S/C54H94O7/c1-8-9-10-11-12-13-14-15-16-17-18-19-20-21-22-23-24-25-48(55)59-37-47-49(56)50(57)51(58)52(61-47)60-42-32-34-53(6)41(36-42)28-29-43-45-31-30-44(54(45,7)35-33-46(43)53)40(5)27-26-39(4)38(2)3/h26-28,38-40,42-47,49-52,56-58H,8-25,29-37H2,1-7H3/b27-26+. The number of fused-ring (bicyclic) bond motifs is 5. The van der Waals surface area contributed by atoms with Gasteiger partial charge in [-0.2, -0.15) is 0 Å². The molecular weight excluding hydrogens is 761 g/mol. The van der Waals surface area contributed by atoms with E-state index in [1.54, 1.807) is 0 Å². The summed E-state index contributed by atoms with van der Waals surface area (Å²) in [4.78, 5) is 12.6. The average Bonchev–Trinajstić information content (AvgIpc) is 3.60. The fourth-order valence-electron chi connectivity index (χ4n) is 13.0. The highest BCUT2D eigenvalue weighted by Crippen LogP contribution is 2.67. The van der Waals surface area contributed by atoms with Crippen molar-refractivity contribution in [3.05, 3.63) is 23.8 Å². The van der Waals surface area contributed by atoms with E-state index in [0.717, 1.165) is 62.7 Å². The van der Waals surface area contributed by atoms with Crippen molar-refractivity contribution in [2.24, 2.45) is 52.3 Å². The molecule has 0 aromatic carbocycles. The molecule has 5 aliphatic rings. The summed E-state index contributed by atoms with van der Waals surface area (Å²) in [6, 6.07) is 0. The van der Waals surface area contributed by atoms with E-state index in [1.165, 1.54) is 121 Å². The van der Waals surface area contributed by atoms with Gasteiger partial charge in [-0.15, -0.1) is 0 Å². The molecule has 14 atom stereocenters. The van der Waals surface area contributed by atoms with E-state index < -0.39 is 30.7 Å². The van der Waals surface area contributed by atoms with Gasteiger partial charge in [-0.25, -0.2) is 0 Å². The second-order valence-electron chi connectivity index (χ2n) is 21.9. The van der Waals surface area contributed by atoms with Crippen molar-refractivity contribution < 1.29 is 34.3 Å². The van der Waals surface area contributed by atoms with Crippen LogP contribution in [0.5, 0.6) is 0 Å². The summed E-state index contributed by atoms with van der Waals surface area (Å²) in [5, 5.41) is 32.5. The van der Waals surface area contributed by atoms with Crippen molar-refractivity contribution in [1.29, 1.82) is 0 Å². The molecule has 7 heteroatoms. The van der Waals surface area contributed by atoms with Gasteiger partial charge in [0.05, 0.1) is 6.10 Å². The smallest absolute Gasteiger partial charge is 0.305 e. The topological polar surface area (TPSA) is 105 Å². The third-order valence-corrected chi connectivity index (χ3v) is 17.4. The summed E-state index contributed by atoms with van der Waals surface area (Å²) in [7, 11) is 0. The largest absolute Gasteiger partial charge is 0.463 e. The molecule has 0 spiro atoms. The Labute approximate surface area is 374 Å². The van der Waals surface area contributed by atoms with Gasteiger partial charge in [-0.05, 0) is 110 Å². The zero-order chi connectivity index (χ0) is 44.0. The molecule has 3 N–H and O–H groups in total. The fraction of sp³-hybridized carbons (Fsp3) is 0.907. The van der Waals surface area contributed by atoms with Crippen LogP contribution in [0.2, 0.25) is 0 Å². The van der Waals surface area contributed by atoms with Gasteiger partial charge in [0.15, 0.2) is 6.29 Å². The van der Waals surface area contributed by atoms with Crippen LogP contribution >= 0.6 is 0 Å². The third-order valence-electron chi connectivity index (χ3n) is 17.4. The van der Waals surface area contributed by atoms with E-state index >= 15 is 0 Å². The number of rotatable bonds is 26. The lowest BCUT2D eigenvalue weighted by atomic mass is 9.47. The minimum Gasteiger partial charge on any atom is -0.463 e. The molecule has 7 nitrogen and oxygen atoms in total. The summed E-state index contributed by atoms with van der Waals surface area (Å²) in [5.74, 6) is 4.56. The Bertz CT molecular complexity index is 1340. The predicted octanol–water partition coefficient (Wildman–Crippen LogP) is 12.8. The molecule has 352 valence electrons. The summed E-state index contributed by atoms with van der Waals surface area (Å²) < 4.78 is 18.1. The van der Waals surface area contributed by atoms with Crippen LogP contribution in [0.3, 0.4) is 0 Å². The van der Waals surface area contributed by atoms with Crippen molar-refractivity contribution in [3.63, 3.8) is 0 Å². The molecule has 0 radical (unpaired) electrons. The Morgan fingerprint density at radius 2 is 1.36 bits per heavy atom. The number of allylic oxidation sites excluding steroid dienone is 3. The Balaban J connectivity index is 0.986. The molecule has 0 aromatic rings. The van der Waals surface area contributed by atoms with E-state index in [0.29, 0.717) is 35.5 Å². The molecular formula is C54H94O7. The molecule has 0 amide bonds. The van der Waals surface area contributed by atoms with Crippen molar-refractivity contribution in [3.8, 4) is 0 Å². The van der Waals surface area contributed by atoms with Crippen LogP contribution < -0.4 is 0 Å². The maximum Gasteiger partial charge on any atom is 0.305 e. The number of ether oxygens (including phenoxy) is 3. The first kappa shape index (κ1) is 50.7. The molecule has 14 unspecified atom stereocenters. The molecule has 3 saturated carbocycles. The number of hydrogen-bond acceptors (Lipinski definition) is 7. The van der Waals surface area contributed by atoms with Crippen LogP contribution in [-0.2, 0) is 19.0 Å². The lowest BCUT2D eigenvalue weighted by Gasteiger charge is -2.58. The molecule has 0 bridgehead atoms. The molecule has 4 fully saturated rings. The van der Waals surface area contributed by atoms with Gasteiger partial charge >= 0.3 is 5.97 Å². The Morgan fingerprint density at radius 1 is 0.754 bits per heavy atom. The van der Waals surface area contributed by atoms with E-state index in [1.807, 2.05) is 0 Å². The van der Waals surface area contributed by atoms with Gasteiger partial charge in [0.25, 0.3) is 0 Å². The quantitative estimate of drug-likeness (QED) is 0.0452. The van der Waals surface area contributed by atoms with E-state index in [9.17, 15) is 20.1 Å². The number of carbonyl (C=O) groups is 1. The van der Waals surface area contributed by atoms with E-state index in [-0.39, 0.29) is 24.1 Å². The van der Waals surface area contributed by atoms with Crippen molar-refractivity contribution in [1.82, 2.24) is 0 Å². The van der Waals surface area contributed by atoms with Crippen LogP contribution in [0, 0.1) is 52.3 Å². The molecule has 5 rings (SSSR count). The number of esters is 1. The highest BCUT2D eigenvalue weighted by Gasteiger charge is 2.59. The normalized spacial score (nSPS) is 36.0. The van der Waals surface area contributed by atoms with Gasteiger partial charge in [0.1, 0.15) is 31.0 Å². The summed E-state index contributed by atoms with van der Waals surface area (Å²) in [5.41, 5.74) is 2.05. The van der Waals surface area contributed by atoms with Crippen LogP contribution in [0.15, 0.2) is 23.8 Å². The molecule has 61 heavy (non-hydrogen) atoms. The van der Waals surface area contributed by atoms with Crippen LogP contribution in [0.4, 0.5) is 0 Å². The maximum absolute atomic E-state index is 12.6. The number of aliphatic hydroxyl groups is 3. The van der Waals surface area contributed by atoms with Crippen LogP contribution in [-0.4, -0.2) is 64.7 Å². The number of unbranched alkanes of at least 4 members (excludes halogenated alkanes) is 16. The number of carbonyl (C=O) groups excluding carboxylic acids is 1. The monoisotopic (exact) mass is 855 g/mol. The minimum absolute atomic E-state index is 0.147. The average molecular weight is 855 g/mol. The predicted molar refractivity (Wildman–Crippen MR) is 249 cm³/mol. The zero-order valence-corrected chi connectivity index (χ0v) is 40.3. The summed E-state index contributed by atoms with van der Waals surface area (Å²) in [6.45, 7) is 16.7. The Morgan fingerprint density at radius 3 is 1.97 bits per heavy atom. The highest BCUT2D eigenvalue weighted by atomic mass is 16.7. The zero-order valence-electron chi connectivity index (χ0n) is 40.3. The van der Waals surface area contributed by atoms with Gasteiger partial charge in [-0.3, -0.25) is 4.79 Å². The molecule has 1 aliphatic heterocycles. The van der Waals surface area contributed by atoms with E-state index in [2.05, 4.69) is 66.7 Å². The van der Waals surface area contributed by atoms with Gasteiger partial charge in [-0.1, -0.05) is 175 Å². The second-order valence-corrected chi connectivity index (χ2v) is 21.9. The highest BCUT2D eigenvalue weighted by molar-refractivity contribution is 5.69. The minimum atomic E-state index is -1.44. The van der Waals surface area contributed by atoms with Crippen molar-refractivity contribution in [2.45, 2.75) is 252 Å². The second kappa shape index (κ2) is 24.9. The van der Waals surface area contributed by atoms with Crippen molar-refractivity contribution >= 4 is 5.97 Å². The first-order chi connectivity index (χ1) is 29.3. The molecule has 1 heterocycles. The fourth-order valence-corrected chi connectivity index (χ4v) is 13.0. The SMILES string of the molecule is CCCCCCCCCCCCCCCCCCCC(=O)OCC1OC(OC2CCC3(C)C(=CCC4C3CCC3(C)C(C(C)/C=C/C(C)C(C)C)CCC43)C2)C(O)C(O)C1O. The van der Waals surface area contributed by atoms with Crippen LogP contribution in [0.25, 0.3) is 0 Å². The van der Waals surface area contributed by atoms with Gasteiger partial charge in [0.2, 0.25) is 0 Å². The molecule has 0 aromatic heterocycles. The lowest BCUT2D eigenvalue weighted by Crippen LogP contribution is -2.60. The number of hydrogen-bond donors (Lipinski definition) is 3. The maximum atomic E-state index is 12.6. The Hall–Kier alpha value is -1.25. The molecule has 4 aliphatic carbocycles. The summed E-state index contributed by atoms with van der Waals surface area (Å²) in [6.07, 6.45) is 32.6. The Kier molecular flexibility index (Phi) is 20.7. The van der Waals surface area contributed by atoms with Gasteiger partial charge in [0, 0.05) is 6.42 Å².